The number of fused-ring (bicyclic) bond motifs is 7. The summed E-state index contributed by atoms with van der Waals surface area (Å²) in [6, 6.07) is 101. The zero-order valence-corrected chi connectivity index (χ0v) is 37.4. The minimum absolute atomic E-state index is 0.518. The van der Waals surface area contributed by atoms with Crippen molar-refractivity contribution >= 4 is 49.4 Å². The van der Waals surface area contributed by atoms with E-state index in [2.05, 4.69) is 278 Å². The van der Waals surface area contributed by atoms with Gasteiger partial charge < -0.3 is 4.90 Å². The standard InChI is InChI=1S/C67H45N/c1-3-22-52(23-4-1)67(53-24-5-2-6-25-53)65-32-14-13-30-62(65)63-42-41-56(45-66(63)67)68(55-39-35-48(36-40-55)64-44-51-18-8-10-27-59(51)60-28-11-12-29-61(60)64)54-37-33-46(34-38-54)49-20-15-21-50(43-49)58-31-16-19-47-17-7-9-26-57(47)58/h1-45H. The normalized spacial score (nSPS) is 12.5. The summed E-state index contributed by atoms with van der Waals surface area (Å²) in [5.74, 6) is 0. The summed E-state index contributed by atoms with van der Waals surface area (Å²) >= 11 is 0. The van der Waals surface area contributed by atoms with Crippen molar-refractivity contribution in [3.05, 3.63) is 295 Å². The quantitative estimate of drug-likeness (QED) is 0.138. The van der Waals surface area contributed by atoms with Crippen LogP contribution in [0.1, 0.15) is 22.3 Å². The molecular formula is C67H45N. The first-order chi connectivity index (χ1) is 33.7. The minimum atomic E-state index is -0.518. The van der Waals surface area contributed by atoms with Gasteiger partial charge in [-0.25, -0.2) is 0 Å². The Bertz CT molecular complexity index is 3790. The molecule has 12 aromatic carbocycles. The summed E-state index contributed by atoms with van der Waals surface area (Å²) in [6.45, 7) is 0. The highest BCUT2D eigenvalue weighted by Crippen LogP contribution is 2.57. The molecule has 0 aliphatic heterocycles. The van der Waals surface area contributed by atoms with Crippen LogP contribution in [0.5, 0.6) is 0 Å². The number of hydrogen-bond acceptors (Lipinski definition) is 1. The van der Waals surface area contributed by atoms with Crippen LogP contribution < -0.4 is 4.90 Å². The molecule has 1 aliphatic rings. The highest BCUT2D eigenvalue weighted by molar-refractivity contribution is 6.13. The first kappa shape index (κ1) is 39.6. The first-order valence-electron chi connectivity index (χ1n) is 23.6. The molecule has 0 fully saturated rings. The molecule has 0 bridgehead atoms. The molecule has 0 N–H and O–H groups in total. The van der Waals surface area contributed by atoms with Crippen LogP contribution in [0.15, 0.2) is 273 Å². The molecule has 1 heteroatoms. The van der Waals surface area contributed by atoms with Crippen molar-refractivity contribution in [1.29, 1.82) is 0 Å². The molecule has 0 spiro atoms. The fourth-order valence-electron chi connectivity index (χ4n) is 11.2. The van der Waals surface area contributed by atoms with Crippen molar-refractivity contribution in [2.24, 2.45) is 0 Å². The van der Waals surface area contributed by atoms with Gasteiger partial charge in [0.05, 0.1) is 5.41 Å². The molecule has 0 amide bonds. The first-order valence-corrected chi connectivity index (χ1v) is 23.6. The molecule has 68 heavy (non-hydrogen) atoms. The van der Waals surface area contributed by atoms with Crippen LogP contribution in [0.4, 0.5) is 17.1 Å². The third kappa shape index (κ3) is 6.39. The van der Waals surface area contributed by atoms with Crippen LogP contribution in [-0.2, 0) is 5.41 Å². The van der Waals surface area contributed by atoms with Crippen LogP contribution in [0.25, 0.3) is 76.8 Å². The Morgan fingerprint density at radius 1 is 0.235 bits per heavy atom. The maximum absolute atomic E-state index is 2.46. The Hall–Kier alpha value is -8.78. The Balaban J connectivity index is 0.973. The average molecular weight is 864 g/mol. The van der Waals surface area contributed by atoms with Crippen molar-refractivity contribution < 1.29 is 0 Å². The number of anilines is 3. The van der Waals surface area contributed by atoms with E-state index in [-0.39, 0.29) is 0 Å². The molecule has 0 radical (unpaired) electrons. The summed E-state index contributed by atoms with van der Waals surface area (Å²) in [5, 5.41) is 7.56. The minimum Gasteiger partial charge on any atom is -0.310 e. The molecule has 0 heterocycles. The fraction of sp³-hybridized carbons (Fsp3) is 0.0149. The molecule has 1 aliphatic carbocycles. The summed E-state index contributed by atoms with van der Waals surface area (Å²) < 4.78 is 0. The van der Waals surface area contributed by atoms with Crippen molar-refractivity contribution in [2.75, 3.05) is 4.90 Å². The average Bonchev–Trinajstić information content (AvgIpc) is 3.72. The molecule has 0 unspecified atom stereocenters. The van der Waals surface area contributed by atoms with E-state index < -0.39 is 5.41 Å². The van der Waals surface area contributed by atoms with Gasteiger partial charge in [0.15, 0.2) is 0 Å². The zero-order chi connectivity index (χ0) is 45.0. The van der Waals surface area contributed by atoms with Crippen molar-refractivity contribution in [3.8, 4) is 44.5 Å². The van der Waals surface area contributed by atoms with Gasteiger partial charge in [0.2, 0.25) is 0 Å². The molecule has 12 aromatic rings. The molecule has 0 saturated carbocycles. The Kier molecular flexibility index (Phi) is 9.47. The smallest absolute Gasteiger partial charge is 0.0714 e. The third-order valence-corrected chi connectivity index (χ3v) is 14.3. The van der Waals surface area contributed by atoms with E-state index in [0.29, 0.717) is 0 Å². The molecule has 0 saturated heterocycles. The number of benzene rings is 12. The van der Waals surface area contributed by atoms with Gasteiger partial charge in [-0.05, 0) is 148 Å². The van der Waals surface area contributed by atoms with Gasteiger partial charge in [-0.1, -0.05) is 224 Å². The molecular weight excluding hydrogens is 819 g/mol. The monoisotopic (exact) mass is 863 g/mol. The second kappa shape index (κ2) is 16.3. The van der Waals surface area contributed by atoms with E-state index in [9.17, 15) is 0 Å². The molecule has 318 valence electrons. The maximum Gasteiger partial charge on any atom is 0.0714 e. The zero-order valence-electron chi connectivity index (χ0n) is 37.4. The molecule has 1 nitrogen and oxygen atoms in total. The third-order valence-electron chi connectivity index (χ3n) is 14.3. The Morgan fingerprint density at radius 2 is 0.750 bits per heavy atom. The van der Waals surface area contributed by atoms with E-state index in [1.165, 1.54) is 99.1 Å². The summed E-state index contributed by atoms with van der Waals surface area (Å²) in [4.78, 5) is 2.43. The highest BCUT2D eigenvalue weighted by atomic mass is 15.1. The lowest BCUT2D eigenvalue weighted by Gasteiger charge is -2.35. The van der Waals surface area contributed by atoms with Crippen LogP contribution >= 0.6 is 0 Å². The van der Waals surface area contributed by atoms with Crippen molar-refractivity contribution in [3.63, 3.8) is 0 Å². The van der Waals surface area contributed by atoms with Crippen molar-refractivity contribution in [2.45, 2.75) is 5.41 Å². The molecule has 0 aromatic heterocycles. The topological polar surface area (TPSA) is 3.24 Å². The predicted molar refractivity (Wildman–Crippen MR) is 287 cm³/mol. The molecule has 13 rings (SSSR count). The van der Waals surface area contributed by atoms with Crippen molar-refractivity contribution in [1.82, 2.24) is 0 Å². The summed E-state index contributed by atoms with van der Waals surface area (Å²) in [5.41, 5.74) is 17.6. The summed E-state index contributed by atoms with van der Waals surface area (Å²) in [6.07, 6.45) is 0. The Morgan fingerprint density at radius 3 is 1.49 bits per heavy atom. The lowest BCUT2D eigenvalue weighted by atomic mass is 9.67. The van der Waals surface area contributed by atoms with E-state index in [0.717, 1.165) is 17.1 Å². The van der Waals surface area contributed by atoms with Crippen LogP contribution in [-0.4, -0.2) is 0 Å². The highest BCUT2D eigenvalue weighted by Gasteiger charge is 2.46. The van der Waals surface area contributed by atoms with Gasteiger partial charge in [0, 0.05) is 17.1 Å². The SMILES string of the molecule is c1ccc(C2(c3ccccc3)c3ccccc3-c3ccc(N(c4ccc(-c5cccc(-c6cccc7ccccc67)c5)cc4)c4ccc(-c5cc6ccccc6c6ccccc56)cc4)cc32)cc1. The number of hydrogen-bond donors (Lipinski definition) is 0. The second-order valence-corrected chi connectivity index (χ2v) is 18.0. The van der Waals surface area contributed by atoms with E-state index in [4.69, 9.17) is 0 Å². The maximum atomic E-state index is 2.46. The van der Waals surface area contributed by atoms with Gasteiger partial charge in [0.1, 0.15) is 0 Å². The number of rotatable bonds is 8. The predicted octanol–water partition coefficient (Wildman–Crippen LogP) is 18.0. The largest absolute Gasteiger partial charge is 0.310 e. The van der Waals surface area contributed by atoms with Gasteiger partial charge in [-0.15, -0.1) is 0 Å². The fourth-order valence-corrected chi connectivity index (χ4v) is 11.2. The van der Waals surface area contributed by atoms with E-state index in [1.54, 1.807) is 0 Å². The lowest BCUT2D eigenvalue weighted by molar-refractivity contribution is 0.768. The molecule has 0 atom stereocenters. The van der Waals surface area contributed by atoms with E-state index in [1.807, 2.05) is 0 Å². The summed E-state index contributed by atoms with van der Waals surface area (Å²) in [7, 11) is 0. The van der Waals surface area contributed by atoms with Crippen LogP contribution in [0.2, 0.25) is 0 Å². The van der Waals surface area contributed by atoms with Gasteiger partial charge in [-0.3, -0.25) is 0 Å². The Labute approximate surface area is 397 Å². The number of nitrogens with zero attached hydrogens (tertiary/aromatic N) is 1. The van der Waals surface area contributed by atoms with E-state index >= 15 is 0 Å². The second-order valence-electron chi connectivity index (χ2n) is 18.0. The van der Waals surface area contributed by atoms with Crippen LogP contribution in [0, 0.1) is 0 Å². The van der Waals surface area contributed by atoms with Gasteiger partial charge in [0.25, 0.3) is 0 Å². The van der Waals surface area contributed by atoms with Gasteiger partial charge in [-0.2, -0.15) is 0 Å². The van der Waals surface area contributed by atoms with Gasteiger partial charge >= 0.3 is 0 Å². The van der Waals surface area contributed by atoms with Crippen LogP contribution in [0.3, 0.4) is 0 Å². The lowest BCUT2D eigenvalue weighted by Crippen LogP contribution is -2.28.